The van der Waals surface area contributed by atoms with Gasteiger partial charge in [0.1, 0.15) is 6.04 Å². The number of carbonyl (C=O) groups excluding carboxylic acids is 2. The number of benzene rings is 2. The van der Waals surface area contributed by atoms with Crippen molar-refractivity contribution in [1.82, 2.24) is 25.3 Å². The summed E-state index contributed by atoms with van der Waals surface area (Å²) in [7, 11) is -4.42. The molecule has 41 heavy (non-hydrogen) atoms. The molecule has 0 radical (unpaired) electrons. The van der Waals surface area contributed by atoms with E-state index < -0.39 is 39.7 Å². The molecule has 0 unspecified atom stereocenters. The van der Waals surface area contributed by atoms with Crippen LogP contribution in [0.15, 0.2) is 64.5 Å². The molecule has 0 saturated carbocycles. The number of alkyl halides is 3. The zero-order valence-electron chi connectivity index (χ0n) is 21.9. The molecule has 0 spiro atoms. The van der Waals surface area contributed by atoms with Crippen molar-refractivity contribution in [1.29, 1.82) is 0 Å². The van der Waals surface area contributed by atoms with Gasteiger partial charge in [-0.15, -0.1) is 0 Å². The van der Waals surface area contributed by atoms with Gasteiger partial charge in [-0.3, -0.25) is 19.8 Å². The number of guanidine groups is 1. The van der Waals surface area contributed by atoms with E-state index in [0.29, 0.717) is 5.56 Å². The minimum Gasteiger partial charge on any atom is -0.368 e. The number of hydrogen-bond donors (Lipinski definition) is 5. The molecule has 0 aliphatic carbocycles. The summed E-state index contributed by atoms with van der Waals surface area (Å²) < 4.78 is 69.2. The predicted octanol–water partition coefficient (Wildman–Crippen LogP) is 2.25. The second kappa shape index (κ2) is 12.8. The number of aliphatic imine (C=N–C) groups is 1. The summed E-state index contributed by atoms with van der Waals surface area (Å²) in [6, 6.07) is 11.2. The number of rotatable bonds is 10. The Morgan fingerprint density at radius 3 is 2.32 bits per heavy atom. The number of aromatic nitrogens is 2. The fourth-order valence-corrected chi connectivity index (χ4v) is 4.74. The average molecular weight is 596 g/mol. The van der Waals surface area contributed by atoms with Gasteiger partial charge in [0.05, 0.1) is 16.3 Å². The van der Waals surface area contributed by atoms with Crippen LogP contribution < -0.4 is 21.3 Å². The van der Waals surface area contributed by atoms with Gasteiger partial charge in [-0.2, -0.15) is 18.3 Å². The number of amides is 2. The van der Waals surface area contributed by atoms with Crippen LogP contribution in [0.1, 0.15) is 31.0 Å². The van der Waals surface area contributed by atoms with Crippen molar-refractivity contribution in [3.63, 3.8) is 0 Å². The maximum Gasteiger partial charge on any atom is 0.435 e. The molecule has 2 aromatic carbocycles. The number of carbonyl (C=O) groups is 2. The lowest BCUT2D eigenvalue weighted by atomic mass is 10.1. The van der Waals surface area contributed by atoms with Crippen LogP contribution in [0.5, 0.6) is 0 Å². The highest BCUT2D eigenvalue weighted by atomic mass is 32.2. The minimum absolute atomic E-state index is 0.00467. The Kier molecular flexibility index (Phi) is 9.72. The highest BCUT2D eigenvalue weighted by Gasteiger charge is 2.35. The van der Waals surface area contributed by atoms with Gasteiger partial charge in [0.25, 0.3) is 15.9 Å². The van der Waals surface area contributed by atoms with Crippen LogP contribution in [-0.2, 0) is 25.8 Å². The zero-order chi connectivity index (χ0) is 30.4. The number of nitrogens with zero attached hydrogens (tertiary/aromatic N) is 3. The quantitative estimate of drug-likeness (QED) is 0.102. The first kappa shape index (κ1) is 31.1. The molecule has 0 aliphatic heterocycles. The van der Waals surface area contributed by atoms with E-state index in [0.717, 1.165) is 35.4 Å². The van der Waals surface area contributed by atoms with Crippen molar-refractivity contribution < 1.29 is 36.4 Å². The van der Waals surface area contributed by atoms with Crippen molar-refractivity contribution in [3.05, 3.63) is 65.9 Å². The molecular weight excluding hydrogens is 567 g/mol. The van der Waals surface area contributed by atoms with Gasteiger partial charge in [0.15, 0.2) is 5.69 Å². The summed E-state index contributed by atoms with van der Waals surface area (Å²) in [6.07, 6.45) is -4.50. The van der Waals surface area contributed by atoms with Crippen LogP contribution in [-0.4, -0.2) is 53.8 Å². The normalized spacial score (nSPS) is 13.0. The van der Waals surface area contributed by atoms with Crippen molar-refractivity contribution in [3.8, 4) is 16.9 Å². The Bertz CT molecular complexity index is 1520. The first-order valence-corrected chi connectivity index (χ1v) is 13.6. The van der Waals surface area contributed by atoms with E-state index in [1.807, 2.05) is 11.6 Å². The molecule has 0 saturated heterocycles. The maximum absolute atomic E-state index is 13.5. The monoisotopic (exact) mass is 595 g/mol. The van der Waals surface area contributed by atoms with Gasteiger partial charge in [-0.25, -0.2) is 23.3 Å². The number of sulfonamides is 1. The van der Waals surface area contributed by atoms with Gasteiger partial charge in [0.2, 0.25) is 11.9 Å². The van der Waals surface area contributed by atoms with Crippen LogP contribution in [0.25, 0.3) is 16.9 Å². The first-order chi connectivity index (χ1) is 19.2. The highest BCUT2D eigenvalue weighted by molar-refractivity contribution is 7.90. The fraction of sp³-hybridized carbons (Fsp3) is 0.280. The summed E-state index contributed by atoms with van der Waals surface area (Å²) in [5.74, 6) is -1.84. The van der Waals surface area contributed by atoms with E-state index in [4.69, 9.17) is 10.9 Å². The summed E-state index contributed by atoms with van der Waals surface area (Å²) in [5, 5.41) is 14.7. The highest BCUT2D eigenvalue weighted by Crippen LogP contribution is 2.33. The number of nitrogens with two attached hydrogens (primary N) is 1. The molecule has 12 nitrogen and oxygen atoms in total. The van der Waals surface area contributed by atoms with Gasteiger partial charge in [0, 0.05) is 19.0 Å². The Labute approximate surface area is 233 Å². The summed E-state index contributed by atoms with van der Waals surface area (Å²) >= 11 is 0. The third kappa shape index (κ3) is 8.28. The Morgan fingerprint density at radius 2 is 1.76 bits per heavy atom. The molecule has 1 atom stereocenters. The third-order valence-corrected chi connectivity index (χ3v) is 7.08. The van der Waals surface area contributed by atoms with Gasteiger partial charge in [-0.1, -0.05) is 29.8 Å². The SMILES string of the molecule is CC(=O)N[C@@H](CCCN=C(N)NO)C(=O)NS(=O)(=O)c1ccc(-n2nc(C(F)(F)F)cc2-c2ccc(C)cc2)cc1. The van der Waals surface area contributed by atoms with E-state index in [1.54, 1.807) is 29.7 Å². The topological polar surface area (TPSA) is 181 Å². The molecule has 16 heteroatoms. The number of hydroxylamine groups is 1. The number of halogens is 3. The molecule has 3 aromatic rings. The standard InChI is InChI=1S/C25H28F3N7O5S/c1-15-5-7-17(8-6-15)21-14-22(25(26,27)28)32-35(21)18-9-11-19(12-10-18)41(39,40)34-23(37)20(31-16(2)36)4-3-13-30-24(29)33-38/h5-12,14,20,38H,3-4,13H2,1-2H3,(H,31,36)(H,34,37)(H3,29,30,33)/t20-/m0/s1. The fourth-order valence-electron chi connectivity index (χ4n) is 3.72. The maximum atomic E-state index is 13.5. The van der Waals surface area contributed by atoms with Crippen molar-refractivity contribution in [2.24, 2.45) is 10.7 Å². The van der Waals surface area contributed by atoms with E-state index in [-0.39, 0.29) is 41.6 Å². The van der Waals surface area contributed by atoms with Crippen LogP contribution in [0.4, 0.5) is 13.2 Å². The molecule has 1 aromatic heterocycles. The van der Waals surface area contributed by atoms with Gasteiger partial charge >= 0.3 is 6.18 Å². The number of nitrogens with one attached hydrogen (secondary N) is 3. The third-order valence-electron chi connectivity index (χ3n) is 5.72. The molecule has 3 rings (SSSR count). The number of hydrogen-bond acceptors (Lipinski definition) is 7. The lowest BCUT2D eigenvalue weighted by molar-refractivity contribution is -0.141. The molecule has 0 fully saturated rings. The summed E-state index contributed by atoms with van der Waals surface area (Å²) in [4.78, 5) is 27.7. The molecule has 0 bridgehead atoms. The number of aryl methyl sites for hydroxylation is 1. The van der Waals surface area contributed by atoms with E-state index in [2.05, 4.69) is 15.4 Å². The minimum atomic E-state index is -4.71. The summed E-state index contributed by atoms with van der Waals surface area (Å²) in [5.41, 5.74) is 7.47. The molecule has 1 heterocycles. The van der Waals surface area contributed by atoms with Crippen LogP contribution in [0, 0.1) is 6.92 Å². The van der Waals surface area contributed by atoms with E-state index >= 15 is 0 Å². The first-order valence-electron chi connectivity index (χ1n) is 12.1. The molecule has 0 aliphatic rings. The van der Waals surface area contributed by atoms with Crippen LogP contribution >= 0.6 is 0 Å². The van der Waals surface area contributed by atoms with Crippen molar-refractivity contribution >= 4 is 27.8 Å². The van der Waals surface area contributed by atoms with Gasteiger partial charge in [-0.05, 0) is 50.1 Å². The Morgan fingerprint density at radius 1 is 1.12 bits per heavy atom. The average Bonchev–Trinajstić information content (AvgIpc) is 3.36. The summed E-state index contributed by atoms with van der Waals surface area (Å²) in [6.45, 7) is 3.06. The largest absolute Gasteiger partial charge is 0.435 e. The van der Waals surface area contributed by atoms with E-state index in [9.17, 15) is 31.2 Å². The molecule has 2 amide bonds. The second-order valence-corrected chi connectivity index (χ2v) is 10.6. The lowest BCUT2D eigenvalue weighted by Crippen LogP contribution is -2.47. The van der Waals surface area contributed by atoms with Crippen LogP contribution in [0.2, 0.25) is 0 Å². The Balaban J connectivity index is 1.84. The Hall–Kier alpha value is -4.44. The smallest absolute Gasteiger partial charge is 0.368 e. The lowest BCUT2D eigenvalue weighted by Gasteiger charge is -2.17. The van der Waals surface area contributed by atoms with Crippen LogP contribution in [0.3, 0.4) is 0 Å². The predicted molar refractivity (Wildman–Crippen MR) is 142 cm³/mol. The molecule has 6 N–H and O–H groups in total. The van der Waals surface area contributed by atoms with Crippen molar-refractivity contribution in [2.75, 3.05) is 6.54 Å². The van der Waals surface area contributed by atoms with E-state index in [1.165, 1.54) is 12.1 Å². The molecule has 220 valence electrons. The second-order valence-electron chi connectivity index (χ2n) is 8.93. The zero-order valence-corrected chi connectivity index (χ0v) is 22.8. The van der Waals surface area contributed by atoms with Gasteiger partial charge < -0.3 is 11.1 Å². The van der Waals surface area contributed by atoms with Crippen molar-refractivity contribution in [2.45, 2.75) is 43.8 Å². The molecular formula is C25H28F3N7O5S.